The summed E-state index contributed by atoms with van der Waals surface area (Å²) in [7, 11) is 0. The number of hydrogen-bond acceptors (Lipinski definition) is 25. The monoisotopic (exact) mass is 1840 g/mol. The van der Waals surface area contributed by atoms with E-state index in [1.807, 2.05) is 20.8 Å². The second kappa shape index (κ2) is 56.1. The zero-order chi connectivity index (χ0) is 97.0. The molecule has 0 bridgehead atoms. The third-order valence-electron chi connectivity index (χ3n) is 21.2. The molecule has 18 amide bonds. The number of carbonyl (C=O) groups excluding carboxylic acids is 18. The Labute approximate surface area is 758 Å². The smallest absolute Gasteiger partial charge is 0.243 e. The zero-order valence-corrected chi connectivity index (χ0v) is 74.9. The fourth-order valence-electron chi connectivity index (χ4n) is 14.2. The number of aliphatic imine (C=N–C) groups is 1. The number of nitrogens with one attached hydrogen (secondary N) is 17. The number of H-pyrrole nitrogens is 2. The molecular formula is C84H132N28O19. The molecule has 1 aliphatic heterocycles. The first-order chi connectivity index (χ1) is 62.2. The fourth-order valence-corrected chi connectivity index (χ4v) is 14.2. The molecule has 4 aromatic rings. The standard InChI is InChI=1S/C84H132N28O19/c1-7-8-9-16-55(71(90)119)104-78(126)59(33-45(2)3)108-79(127)62(36-51-41-95-44-100-51)102-69(118)43-99-82(130)70(46(4)5)111-72(120)47(6)101-77(125)61(35-49-40-97-54-15-11-10-14-53(49)54)110-76(124)57(23-25-65(87)114)106-80(128)63(37-67(89)116)103-68(117)42-98-73(121)60(34-48-19-21-52(113)22-20-48)109-74(122)56(17-12-29-96-84(91)92)105-75(123)58(24-26-66(88)115)107-81(129)64-18-13-32-112(64)83(131)50(38-93-30-27-85)39-94-31-28-86/h10-11,14-15,19-22,40-41,44-47,50,55-64,70,93-94,97,113H,7-9,12-13,16-18,23-39,42-43,85-86H2,1-6H3,(H2,87,114)(H2,88,115)(H2,89,116)(H2,90,119)(H,95,100)(H,98,121)(H,99,130)(H,101,125)(H,102,118)(H,103,117)(H,104,126)(H,105,123)(H,106,128)(H,107,129)(H,108,127)(H,109,122)(H,110,124)(H,111,120)(H4,91,92,96)/t47-,55-,56-,57-,58-,59-,60-,61-,62-,63-,64-,70-/m0/s1. The van der Waals surface area contributed by atoms with Crippen molar-refractivity contribution in [3.63, 3.8) is 0 Å². The lowest BCUT2D eigenvalue weighted by Gasteiger charge is -2.30. The van der Waals surface area contributed by atoms with Crippen molar-refractivity contribution >= 4 is 123 Å². The number of amides is 18. The fraction of sp³-hybridized carbons (Fsp3) is 0.571. The SMILES string of the molecule is CCCCC[C@H](NC(=O)[C@H](CC(C)C)NC(=O)[C@H](Cc1c[nH]cn1)NC(=O)CNC(=O)[C@@H](NC(=O)[C@H](C)NC(=O)[C@H](Cc1c[nH]c2ccccc12)NC(=O)[C@H](CCC(N)=O)NC(=O)[C@H](CC(N)=O)NC(=O)CNC(=O)[C@H](Cc1ccc(O)cc1)NC(=O)[C@H](CCCN=C(N)N)NC(=O)[C@H](CCC(N)=O)NC(=O)[C@@H]1CCCN1C(=O)C(CNCCN)CNCCN)C(C)C)C(N)=O. The van der Waals surface area contributed by atoms with E-state index in [2.05, 4.69) is 99.7 Å². The Balaban J connectivity index is 1.33. The molecule has 1 aliphatic rings. The topological polar surface area (TPSA) is 776 Å². The summed E-state index contributed by atoms with van der Waals surface area (Å²) in [6.07, 6.45) is 3.59. The number of likely N-dealkylation sites (tertiary alicyclic amines) is 1. The number of phenols is 1. The van der Waals surface area contributed by atoms with Crippen LogP contribution < -0.4 is 126 Å². The highest BCUT2D eigenvalue weighted by atomic mass is 16.3. The molecule has 2 aromatic carbocycles. The molecule has 0 radical (unpaired) electrons. The van der Waals surface area contributed by atoms with Crippen LogP contribution >= 0.6 is 0 Å². The van der Waals surface area contributed by atoms with E-state index in [0.29, 0.717) is 66.7 Å². The van der Waals surface area contributed by atoms with Crippen LogP contribution in [0.4, 0.5) is 0 Å². The van der Waals surface area contributed by atoms with Crippen LogP contribution in [-0.4, -0.2) is 275 Å². The molecule has 5 rings (SSSR count). The molecule has 0 unspecified atom stereocenters. The summed E-state index contributed by atoms with van der Waals surface area (Å²) < 4.78 is 0. The van der Waals surface area contributed by atoms with E-state index in [4.69, 9.17) is 45.9 Å². The predicted octanol–water partition coefficient (Wildman–Crippen LogP) is -7.86. The van der Waals surface area contributed by atoms with Crippen LogP contribution in [-0.2, 0) is 106 Å². The highest BCUT2D eigenvalue weighted by Crippen LogP contribution is 2.23. The number of fused-ring (bicyclic) bond motifs is 1. The molecule has 2 aromatic heterocycles. The number of benzene rings is 2. The van der Waals surface area contributed by atoms with Gasteiger partial charge in [0.25, 0.3) is 0 Å². The molecule has 1 saturated heterocycles. The summed E-state index contributed by atoms with van der Waals surface area (Å²) in [4.78, 5) is 265. The van der Waals surface area contributed by atoms with Gasteiger partial charge in [0.1, 0.15) is 78.3 Å². The average Bonchev–Trinajstić information content (AvgIpc) is 1.70. The van der Waals surface area contributed by atoms with Crippen LogP contribution in [0, 0.1) is 17.8 Å². The number of phenolic OH excluding ortho intramolecular Hbond substituents is 1. The van der Waals surface area contributed by atoms with Gasteiger partial charge in [-0.05, 0) is 99.5 Å². The minimum atomic E-state index is -1.95. The summed E-state index contributed by atoms with van der Waals surface area (Å²) in [5.41, 5.74) is 46.6. The zero-order valence-electron chi connectivity index (χ0n) is 74.9. The number of unbranched alkanes of at least 4 members (excludes halogenated alkanes) is 2. The van der Waals surface area contributed by atoms with E-state index >= 15 is 0 Å². The number of guanidine groups is 1. The van der Waals surface area contributed by atoms with Crippen LogP contribution in [0.1, 0.15) is 148 Å². The van der Waals surface area contributed by atoms with E-state index < -0.39 is 224 Å². The number of aromatic nitrogens is 3. The minimum Gasteiger partial charge on any atom is -0.508 e. The minimum absolute atomic E-state index is 0.00634. The molecule has 47 heteroatoms. The van der Waals surface area contributed by atoms with Gasteiger partial charge in [0, 0.05) is 108 Å². The summed E-state index contributed by atoms with van der Waals surface area (Å²) in [6.45, 7) is 10.2. The number of para-hydroxylation sites is 1. The summed E-state index contributed by atoms with van der Waals surface area (Å²) >= 11 is 0. The number of rotatable bonds is 61. The second-order valence-corrected chi connectivity index (χ2v) is 32.8. The van der Waals surface area contributed by atoms with Crippen molar-refractivity contribution in [1.82, 2.24) is 99.6 Å². The maximum Gasteiger partial charge on any atom is 0.243 e. The van der Waals surface area contributed by atoms with E-state index in [-0.39, 0.29) is 108 Å². The quantitative estimate of drug-likeness (QED) is 0.0111. The van der Waals surface area contributed by atoms with Gasteiger partial charge < -0.3 is 146 Å². The molecule has 34 N–H and O–H groups in total. The molecule has 0 saturated carbocycles. The first-order valence-electron chi connectivity index (χ1n) is 43.7. The molecule has 131 heavy (non-hydrogen) atoms. The van der Waals surface area contributed by atoms with Gasteiger partial charge in [0.2, 0.25) is 106 Å². The van der Waals surface area contributed by atoms with Crippen LogP contribution in [0.5, 0.6) is 5.75 Å². The lowest BCUT2D eigenvalue weighted by molar-refractivity contribution is -0.142. The second-order valence-electron chi connectivity index (χ2n) is 32.8. The van der Waals surface area contributed by atoms with Crippen LogP contribution in [0.3, 0.4) is 0 Å². The van der Waals surface area contributed by atoms with Crippen molar-refractivity contribution in [1.29, 1.82) is 0 Å². The van der Waals surface area contributed by atoms with Gasteiger partial charge in [0.05, 0.1) is 37.4 Å². The van der Waals surface area contributed by atoms with Crippen molar-refractivity contribution in [3.8, 4) is 5.75 Å². The van der Waals surface area contributed by atoms with Gasteiger partial charge in [-0.15, -0.1) is 0 Å². The first-order valence-corrected chi connectivity index (χ1v) is 43.7. The highest BCUT2D eigenvalue weighted by Gasteiger charge is 2.41. The normalized spacial score (nSPS) is 14.9. The number of hydrogen-bond donors (Lipinski definition) is 26. The van der Waals surface area contributed by atoms with Gasteiger partial charge >= 0.3 is 0 Å². The lowest BCUT2D eigenvalue weighted by atomic mass is 10.0. The van der Waals surface area contributed by atoms with Crippen LogP contribution in [0.15, 0.2) is 72.2 Å². The molecule has 0 spiro atoms. The van der Waals surface area contributed by atoms with Crippen molar-refractivity contribution in [2.75, 3.05) is 65.4 Å². The van der Waals surface area contributed by atoms with Gasteiger partial charge in [0.15, 0.2) is 5.96 Å². The Morgan fingerprint density at radius 3 is 1.60 bits per heavy atom. The molecule has 0 aliphatic carbocycles. The molecule has 47 nitrogen and oxygen atoms in total. The lowest BCUT2D eigenvalue weighted by Crippen LogP contribution is -2.60. The van der Waals surface area contributed by atoms with Crippen molar-refractivity contribution in [3.05, 3.63) is 84.1 Å². The molecule has 722 valence electrons. The van der Waals surface area contributed by atoms with Gasteiger partial charge in [-0.3, -0.25) is 91.3 Å². The maximum atomic E-state index is 14.7. The Morgan fingerprint density at radius 1 is 0.527 bits per heavy atom. The number of nitrogens with two attached hydrogens (primary N) is 8. The van der Waals surface area contributed by atoms with Crippen molar-refractivity contribution in [2.24, 2.45) is 68.6 Å². The van der Waals surface area contributed by atoms with Crippen LogP contribution in [0.2, 0.25) is 0 Å². The summed E-state index contributed by atoms with van der Waals surface area (Å²) in [6, 6.07) is -5.44. The van der Waals surface area contributed by atoms with E-state index in [0.717, 1.165) is 12.8 Å². The molecular weight excluding hydrogens is 1710 g/mol. The molecule has 3 heterocycles. The average molecular weight is 1840 g/mol. The van der Waals surface area contributed by atoms with E-state index in [9.17, 15) is 91.4 Å². The number of aromatic hydroxyl groups is 1. The number of nitrogens with zero attached hydrogens (tertiary/aromatic N) is 3. The highest BCUT2D eigenvalue weighted by molar-refractivity contribution is 6.01. The summed E-state index contributed by atoms with van der Waals surface area (Å²) in [5, 5.41) is 49.9. The van der Waals surface area contributed by atoms with E-state index in [1.54, 1.807) is 44.3 Å². The van der Waals surface area contributed by atoms with Crippen LogP contribution in [0.25, 0.3) is 10.9 Å². The Morgan fingerprint density at radius 2 is 1.05 bits per heavy atom. The predicted molar refractivity (Wildman–Crippen MR) is 479 cm³/mol. The van der Waals surface area contributed by atoms with Crippen molar-refractivity contribution in [2.45, 2.75) is 223 Å². The Bertz CT molecular complexity index is 4530. The third-order valence-corrected chi connectivity index (χ3v) is 21.2. The Hall–Kier alpha value is -13.4. The Kier molecular flexibility index (Phi) is 46.3. The number of imidazole rings is 1. The van der Waals surface area contributed by atoms with Gasteiger partial charge in [-0.25, -0.2) is 4.98 Å². The summed E-state index contributed by atoms with van der Waals surface area (Å²) in [5.74, 6) is -18.7. The van der Waals surface area contributed by atoms with Gasteiger partial charge in [-0.2, -0.15) is 0 Å². The third kappa shape index (κ3) is 38.4. The first kappa shape index (κ1) is 108. The largest absolute Gasteiger partial charge is 0.508 e. The number of aromatic amines is 2. The van der Waals surface area contributed by atoms with Crippen molar-refractivity contribution < 1.29 is 91.4 Å². The maximum absolute atomic E-state index is 14.7. The number of carbonyl (C=O) groups is 18. The number of primary amides is 4. The van der Waals surface area contributed by atoms with E-state index in [1.165, 1.54) is 48.6 Å². The molecule has 1 fully saturated rings. The van der Waals surface area contributed by atoms with Gasteiger partial charge in [-0.1, -0.05) is 84.2 Å². The molecule has 12 atom stereocenters.